The summed E-state index contributed by atoms with van der Waals surface area (Å²) in [6, 6.07) is 6.79. The standard InChI is InChI=1S/C29H48O4/c1-3-5-7-9-11-12-13-15-17-21-25-33-29(31)27-23-19-18-22-26(27)28(30)32-24-20-16-14-10-8-6-4-2/h18-19,22-23H,3-17,20-21,24-25H2,1-2H3. The molecule has 0 N–H and O–H groups in total. The van der Waals surface area contributed by atoms with Crippen molar-refractivity contribution in [3.63, 3.8) is 0 Å². The molecule has 0 saturated carbocycles. The molecule has 0 heterocycles. The van der Waals surface area contributed by atoms with E-state index in [9.17, 15) is 9.59 Å². The minimum atomic E-state index is -0.438. The van der Waals surface area contributed by atoms with E-state index < -0.39 is 11.9 Å². The van der Waals surface area contributed by atoms with Crippen molar-refractivity contribution in [3.8, 4) is 0 Å². The Morgan fingerprint density at radius 1 is 0.515 bits per heavy atom. The molecular formula is C29H48O4. The van der Waals surface area contributed by atoms with E-state index in [1.165, 1.54) is 83.5 Å². The maximum absolute atomic E-state index is 12.5. The van der Waals surface area contributed by atoms with Crippen molar-refractivity contribution in [2.24, 2.45) is 0 Å². The van der Waals surface area contributed by atoms with Crippen molar-refractivity contribution in [3.05, 3.63) is 35.4 Å². The molecule has 0 amide bonds. The zero-order valence-corrected chi connectivity index (χ0v) is 21.4. The van der Waals surface area contributed by atoms with Gasteiger partial charge in [-0.1, -0.05) is 122 Å². The first-order valence-corrected chi connectivity index (χ1v) is 13.6. The topological polar surface area (TPSA) is 52.6 Å². The number of hydrogen-bond acceptors (Lipinski definition) is 4. The van der Waals surface area contributed by atoms with Gasteiger partial charge in [0.05, 0.1) is 24.3 Å². The molecule has 0 saturated heterocycles. The number of carbonyl (C=O) groups excluding carboxylic acids is 2. The molecule has 0 unspecified atom stereocenters. The van der Waals surface area contributed by atoms with Gasteiger partial charge < -0.3 is 9.47 Å². The minimum absolute atomic E-state index is 0.300. The van der Waals surface area contributed by atoms with Gasteiger partial charge in [-0.25, -0.2) is 9.59 Å². The third-order valence-corrected chi connectivity index (χ3v) is 6.08. The lowest BCUT2D eigenvalue weighted by molar-refractivity contribution is 0.0450. The molecule has 0 fully saturated rings. The van der Waals surface area contributed by atoms with Gasteiger partial charge in [0.15, 0.2) is 0 Å². The van der Waals surface area contributed by atoms with E-state index in [0.29, 0.717) is 24.3 Å². The van der Waals surface area contributed by atoms with Crippen molar-refractivity contribution < 1.29 is 19.1 Å². The van der Waals surface area contributed by atoms with Crippen LogP contribution in [0.2, 0.25) is 0 Å². The number of esters is 2. The second-order valence-electron chi connectivity index (χ2n) is 9.12. The molecule has 33 heavy (non-hydrogen) atoms. The van der Waals surface area contributed by atoms with Gasteiger partial charge in [0, 0.05) is 0 Å². The summed E-state index contributed by atoms with van der Waals surface area (Å²) in [5, 5.41) is 0. The van der Waals surface area contributed by atoms with Crippen molar-refractivity contribution >= 4 is 11.9 Å². The van der Waals surface area contributed by atoms with E-state index in [4.69, 9.17) is 9.47 Å². The Morgan fingerprint density at radius 2 is 0.818 bits per heavy atom. The molecule has 0 aliphatic rings. The Hall–Kier alpha value is -1.84. The fourth-order valence-electron chi connectivity index (χ4n) is 3.97. The van der Waals surface area contributed by atoms with Crippen LogP contribution in [0.15, 0.2) is 24.3 Å². The summed E-state index contributed by atoms with van der Waals surface area (Å²) in [5.41, 5.74) is 0.600. The van der Waals surface area contributed by atoms with Crippen molar-refractivity contribution in [2.75, 3.05) is 13.2 Å². The van der Waals surface area contributed by atoms with Crippen LogP contribution in [-0.4, -0.2) is 25.2 Å². The van der Waals surface area contributed by atoms with Gasteiger partial charge >= 0.3 is 11.9 Å². The number of ether oxygens (including phenoxy) is 2. The predicted octanol–water partition coefficient (Wildman–Crippen LogP) is 8.67. The zero-order chi connectivity index (χ0) is 24.0. The third-order valence-electron chi connectivity index (χ3n) is 6.08. The molecule has 0 aromatic heterocycles. The van der Waals surface area contributed by atoms with Crippen LogP contribution in [0.1, 0.15) is 144 Å². The number of benzene rings is 1. The number of carbonyl (C=O) groups is 2. The molecule has 1 aromatic carbocycles. The summed E-state index contributed by atoms with van der Waals surface area (Å²) in [7, 11) is 0. The Balaban J connectivity index is 2.20. The Labute approximate surface area is 202 Å². The van der Waals surface area contributed by atoms with E-state index in [2.05, 4.69) is 13.8 Å². The maximum atomic E-state index is 12.5. The van der Waals surface area contributed by atoms with Crippen molar-refractivity contribution in [2.45, 2.75) is 123 Å². The van der Waals surface area contributed by atoms with E-state index in [0.717, 1.165) is 25.7 Å². The van der Waals surface area contributed by atoms with Gasteiger partial charge in [-0.3, -0.25) is 0 Å². The average molecular weight is 461 g/mol. The highest BCUT2D eigenvalue weighted by Crippen LogP contribution is 2.14. The molecule has 0 radical (unpaired) electrons. The quantitative estimate of drug-likeness (QED) is 0.136. The number of rotatable bonds is 21. The first kappa shape index (κ1) is 29.2. The molecule has 0 aliphatic heterocycles. The first-order chi connectivity index (χ1) is 16.2. The summed E-state index contributed by atoms with van der Waals surface area (Å²) in [4.78, 5) is 25.0. The fourth-order valence-corrected chi connectivity index (χ4v) is 3.97. The van der Waals surface area contributed by atoms with Crippen LogP contribution in [0.3, 0.4) is 0 Å². The second kappa shape index (κ2) is 20.7. The van der Waals surface area contributed by atoms with E-state index >= 15 is 0 Å². The van der Waals surface area contributed by atoms with E-state index in [1.54, 1.807) is 24.3 Å². The van der Waals surface area contributed by atoms with Gasteiger partial charge in [0.25, 0.3) is 0 Å². The SMILES string of the molecule is CCCCCCCCCCCCOC(=O)c1ccccc1C(=O)OCCCCCCCCC. The van der Waals surface area contributed by atoms with Crippen LogP contribution in [0.25, 0.3) is 0 Å². The Kier molecular flexibility index (Phi) is 18.4. The summed E-state index contributed by atoms with van der Waals surface area (Å²) in [6.45, 7) is 5.26. The maximum Gasteiger partial charge on any atom is 0.339 e. The van der Waals surface area contributed by atoms with Crippen molar-refractivity contribution in [1.82, 2.24) is 0 Å². The van der Waals surface area contributed by atoms with Crippen LogP contribution in [0.5, 0.6) is 0 Å². The van der Waals surface area contributed by atoms with Gasteiger partial charge in [0.2, 0.25) is 0 Å². The van der Waals surface area contributed by atoms with Crippen LogP contribution in [0, 0.1) is 0 Å². The molecule has 0 atom stereocenters. The molecule has 4 nitrogen and oxygen atoms in total. The summed E-state index contributed by atoms with van der Waals surface area (Å²) in [6.07, 6.45) is 20.6. The van der Waals surface area contributed by atoms with Gasteiger partial charge in [-0.2, -0.15) is 0 Å². The molecule has 188 valence electrons. The lowest BCUT2D eigenvalue weighted by Gasteiger charge is -2.10. The Morgan fingerprint density at radius 3 is 1.15 bits per heavy atom. The fraction of sp³-hybridized carbons (Fsp3) is 0.724. The zero-order valence-electron chi connectivity index (χ0n) is 21.4. The molecular weight excluding hydrogens is 412 g/mol. The van der Waals surface area contributed by atoms with E-state index in [1.807, 2.05) is 0 Å². The lowest BCUT2D eigenvalue weighted by Crippen LogP contribution is -2.15. The van der Waals surface area contributed by atoms with E-state index in [-0.39, 0.29) is 0 Å². The second-order valence-corrected chi connectivity index (χ2v) is 9.12. The summed E-state index contributed by atoms with van der Waals surface area (Å²) < 4.78 is 10.8. The highest BCUT2D eigenvalue weighted by Gasteiger charge is 2.18. The lowest BCUT2D eigenvalue weighted by atomic mass is 10.1. The summed E-state index contributed by atoms with van der Waals surface area (Å²) >= 11 is 0. The van der Waals surface area contributed by atoms with Gasteiger partial charge in [0.1, 0.15) is 0 Å². The largest absolute Gasteiger partial charge is 0.462 e. The molecule has 0 spiro atoms. The average Bonchev–Trinajstić information content (AvgIpc) is 2.84. The molecule has 1 rings (SSSR count). The smallest absolute Gasteiger partial charge is 0.339 e. The van der Waals surface area contributed by atoms with Gasteiger partial charge in [-0.05, 0) is 25.0 Å². The highest BCUT2D eigenvalue weighted by molar-refractivity contribution is 6.03. The number of unbranched alkanes of at least 4 members (excludes halogenated alkanes) is 15. The highest BCUT2D eigenvalue weighted by atomic mass is 16.5. The molecule has 0 bridgehead atoms. The molecule has 0 aliphatic carbocycles. The molecule has 1 aromatic rings. The Bertz CT molecular complexity index is 626. The monoisotopic (exact) mass is 460 g/mol. The molecule has 4 heteroatoms. The first-order valence-electron chi connectivity index (χ1n) is 13.6. The third kappa shape index (κ3) is 14.8. The van der Waals surface area contributed by atoms with Crippen LogP contribution in [0.4, 0.5) is 0 Å². The number of hydrogen-bond donors (Lipinski definition) is 0. The van der Waals surface area contributed by atoms with Crippen molar-refractivity contribution in [1.29, 1.82) is 0 Å². The minimum Gasteiger partial charge on any atom is -0.462 e. The van der Waals surface area contributed by atoms with Crippen LogP contribution < -0.4 is 0 Å². The van der Waals surface area contributed by atoms with Crippen LogP contribution >= 0.6 is 0 Å². The van der Waals surface area contributed by atoms with Gasteiger partial charge in [-0.15, -0.1) is 0 Å². The summed E-state index contributed by atoms with van der Waals surface area (Å²) in [5.74, 6) is -0.873. The van der Waals surface area contributed by atoms with Crippen LogP contribution in [-0.2, 0) is 9.47 Å². The normalized spacial score (nSPS) is 10.8. The predicted molar refractivity (Wildman–Crippen MR) is 137 cm³/mol.